The van der Waals surface area contributed by atoms with Crippen LogP contribution in [0.25, 0.3) is 10.9 Å². The summed E-state index contributed by atoms with van der Waals surface area (Å²) in [7, 11) is 0. The first kappa shape index (κ1) is 11.3. The van der Waals surface area contributed by atoms with Crippen molar-refractivity contribution < 1.29 is 13.5 Å². The van der Waals surface area contributed by atoms with Crippen LogP contribution in [0.1, 0.15) is 12.0 Å². The van der Waals surface area contributed by atoms with Gasteiger partial charge >= 0.3 is 0 Å². The molecule has 94 valence electrons. The topological polar surface area (TPSA) is 34.5 Å². The van der Waals surface area contributed by atoms with Crippen molar-refractivity contribution in [2.24, 2.45) is 0 Å². The van der Waals surface area contributed by atoms with Crippen LogP contribution < -0.4 is 5.56 Å². The molecular formula is C13H11F2NO2. The van der Waals surface area contributed by atoms with E-state index in [0.29, 0.717) is 24.1 Å². The molecule has 1 aromatic heterocycles. The first-order chi connectivity index (χ1) is 8.66. The molecule has 1 saturated heterocycles. The quantitative estimate of drug-likeness (QED) is 0.785. The van der Waals surface area contributed by atoms with Gasteiger partial charge in [0, 0.05) is 17.0 Å². The molecule has 3 nitrogen and oxygen atoms in total. The number of rotatable bonds is 3. The van der Waals surface area contributed by atoms with Crippen LogP contribution in [-0.2, 0) is 11.3 Å². The number of halogens is 2. The van der Waals surface area contributed by atoms with E-state index in [1.165, 1.54) is 4.57 Å². The lowest BCUT2D eigenvalue weighted by atomic mass is 10.1. The maximum atomic E-state index is 12.9. The molecule has 0 N–H and O–H groups in total. The Hall–Kier alpha value is -1.75. The van der Waals surface area contributed by atoms with Crippen LogP contribution in [0.3, 0.4) is 0 Å². The number of benzene rings is 1. The van der Waals surface area contributed by atoms with Crippen molar-refractivity contribution in [2.45, 2.75) is 19.1 Å². The number of pyridine rings is 1. The van der Waals surface area contributed by atoms with Crippen molar-refractivity contribution >= 4 is 10.9 Å². The van der Waals surface area contributed by atoms with Crippen molar-refractivity contribution in [3.63, 3.8) is 0 Å². The average Bonchev–Trinajstić information content (AvgIpc) is 3.16. The van der Waals surface area contributed by atoms with Crippen molar-refractivity contribution in [1.29, 1.82) is 0 Å². The van der Waals surface area contributed by atoms with Crippen LogP contribution in [0.2, 0.25) is 0 Å². The van der Waals surface area contributed by atoms with Gasteiger partial charge in [0.15, 0.2) is 0 Å². The van der Waals surface area contributed by atoms with E-state index < -0.39 is 12.0 Å². The Morgan fingerprint density at radius 3 is 2.78 bits per heavy atom. The third-order valence-corrected chi connectivity index (χ3v) is 3.07. The first-order valence-corrected chi connectivity index (χ1v) is 5.69. The molecule has 1 aliphatic heterocycles. The van der Waals surface area contributed by atoms with Gasteiger partial charge in [0.1, 0.15) is 0 Å². The van der Waals surface area contributed by atoms with Crippen molar-refractivity contribution in [3.8, 4) is 0 Å². The van der Waals surface area contributed by atoms with Gasteiger partial charge in [-0.2, -0.15) is 0 Å². The molecule has 2 aromatic rings. The highest BCUT2D eigenvalue weighted by molar-refractivity contribution is 5.82. The van der Waals surface area contributed by atoms with Crippen molar-refractivity contribution in [2.75, 3.05) is 6.61 Å². The number of fused-ring (bicyclic) bond motifs is 1. The average molecular weight is 251 g/mol. The van der Waals surface area contributed by atoms with E-state index >= 15 is 0 Å². The van der Waals surface area contributed by atoms with Crippen LogP contribution >= 0.6 is 0 Å². The minimum absolute atomic E-state index is 0.0310. The number of para-hydroxylation sites is 1. The third-order valence-electron chi connectivity index (χ3n) is 3.07. The fourth-order valence-electron chi connectivity index (χ4n) is 2.11. The number of hydrogen-bond acceptors (Lipinski definition) is 2. The summed E-state index contributed by atoms with van der Waals surface area (Å²) in [5.41, 5.74) is -0.0705. The molecule has 0 radical (unpaired) electrons. The Balaban J connectivity index is 2.26. The second-order valence-corrected chi connectivity index (χ2v) is 4.32. The Kier molecular flexibility index (Phi) is 2.63. The maximum absolute atomic E-state index is 12.9. The lowest BCUT2D eigenvalue weighted by Crippen LogP contribution is -2.23. The van der Waals surface area contributed by atoms with Gasteiger partial charge < -0.3 is 9.30 Å². The smallest absolute Gasteiger partial charge is 0.264 e. The highest BCUT2D eigenvalue weighted by Gasteiger charge is 2.25. The number of aromatic nitrogens is 1. The van der Waals surface area contributed by atoms with Crippen LogP contribution in [0, 0.1) is 0 Å². The van der Waals surface area contributed by atoms with Gasteiger partial charge in [-0.25, -0.2) is 8.78 Å². The van der Waals surface area contributed by atoms with E-state index in [4.69, 9.17) is 4.74 Å². The Morgan fingerprint density at radius 1 is 1.39 bits per heavy atom. The van der Waals surface area contributed by atoms with Crippen molar-refractivity contribution in [1.82, 2.24) is 4.57 Å². The standard InChI is InChI=1S/C13H11F2NO2/c14-13(15)10-5-12(17)16(6-8-7-18-8)11-4-2-1-3-9(10)11/h1-5,8,13H,6-7H2/t8-/m0/s1. The van der Waals surface area contributed by atoms with Gasteiger partial charge in [0.25, 0.3) is 12.0 Å². The molecule has 3 rings (SSSR count). The molecule has 0 amide bonds. The second kappa shape index (κ2) is 4.17. The van der Waals surface area contributed by atoms with Crippen LogP contribution in [0.4, 0.5) is 8.78 Å². The lowest BCUT2D eigenvalue weighted by molar-refractivity contribution is 0.153. The van der Waals surface area contributed by atoms with E-state index in [-0.39, 0.29) is 11.7 Å². The predicted molar refractivity (Wildman–Crippen MR) is 62.9 cm³/mol. The lowest BCUT2D eigenvalue weighted by Gasteiger charge is -2.12. The number of hydrogen-bond donors (Lipinski definition) is 0. The van der Waals surface area contributed by atoms with Crippen molar-refractivity contribution in [3.05, 3.63) is 46.2 Å². The maximum Gasteiger partial charge on any atom is 0.264 e. The van der Waals surface area contributed by atoms with Gasteiger partial charge in [0.05, 0.1) is 24.8 Å². The summed E-state index contributed by atoms with van der Waals surface area (Å²) in [5, 5.41) is 0.424. The molecule has 5 heteroatoms. The molecule has 0 bridgehead atoms. The van der Waals surface area contributed by atoms with Crippen LogP contribution in [0.5, 0.6) is 0 Å². The van der Waals surface area contributed by atoms with E-state index in [9.17, 15) is 13.6 Å². The third kappa shape index (κ3) is 1.90. The van der Waals surface area contributed by atoms with Crippen LogP contribution in [0.15, 0.2) is 35.1 Å². The first-order valence-electron chi connectivity index (χ1n) is 5.69. The Morgan fingerprint density at radius 2 is 2.11 bits per heavy atom. The highest BCUT2D eigenvalue weighted by atomic mass is 19.3. The monoisotopic (exact) mass is 251 g/mol. The number of nitrogens with zero attached hydrogens (tertiary/aromatic N) is 1. The summed E-state index contributed by atoms with van der Waals surface area (Å²) in [6, 6.07) is 7.75. The van der Waals surface area contributed by atoms with Gasteiger partial charge in [-0.15, -0.1) is 0 Å². The molecule has 0 unspecified atom stereocenters. The minimum Gasteiger partial charge on any atom is -0.371 e. The van der Waals surface area contributed by atoms with Gasteiger partial charge in [-0.3, -0.25) is 4.79 Å². The van der Waals surface area contributed by atoms with Gasteiger partial charge in [-0.1, -0.05) is 18.2 Å². The zero-order valence-corrected chi connectivity index (χ0v) is 9.48. The fraction of sp³-hybridized carbons (Fsp3) is 0.308. The summed E-state index contributed by atoms with van der Waals surface area (Å²) < 4.78 is 32.4. The number of alkyl halides is 2. The van der Waals surface area contributed by atoms with Gasteiger partial charge in [-0.05, 0) is 6.07 Å². The number of epoxide rings is 1. The summed E-state index contributed by atoms with van der Waals surface area (Å²) in [6.45, 7) is 1.04. The Labute approximate surface area is 102 Å². The second-order valence-electron chi connectivity index (χ2n) is 4.32. The van der Waals surface area contributed by atoms with E-state index in [1.807, 2.05) is 0 Å². The zero-order valence-electron chi connectivity index (χ0n) is 9.48. The zero-order chi connectivity index (χ0) is 12.7. The van der Waals surface area contributed by atoms with E-state index in [2.05, 4.69) is 0 Å². The summed E-state index contributed by atoms with van der Waals surface area (Å²) in [6.07, 6.45) is -2.61. The largest absolute Gasteiger partial charge is 0.371 e. The normalized spacial score (nSPS) is 18.5. The van der Waals surface area contributed by atoms with E-state index in [1.54, 1.807) is 24.3 Å². The molecule has 0 saturated carbocycles. The molecule has 1 fully saturated rings. The van der Waals surface area contributed by atoms with E-state index in [0.717, 1.165) is 6.07 Å². The molecule has 0 spiro atoms. The highest BCUT2D eigenvalue weighted by Crippen LogP contribution is 2.26. The molecule has 18 heavy (non-hydrogen) atoms. The SMILES string of the molecule is O=c1cc(C(F)F)c2ccccc2n1C[C@H]1CO1. The molecule has 1 atom stereocenters. The Bertz CT molecular complexity index is 647. The molecule has 0 aliphatic carbocycles. The summed E-state index contributed by atoms with van der Waals surface area (Å²) in [4.78, 5) is 11.9. The number of ether oxygens (including phenoxy) is 1. The fourth-order valence-corrected chi connectivity index (χ4v) is 2.11. The summed E-state index contributed by atoms with van der Waals surface area (Å²) >= 11 is 0. The van der Waals surface area contributed by atoms with Gasteiger partial charge in [0.2, 0.25) is 0 Å². The minimum atomic E-state index is -2.64. The summed E-state index contributed by atoms with van der Waals surface area (Å²) in [5.74, 6) is 0. The molecule has 1 aliphatic rings. The molecule has 1 aromatic carbocycles. The molecular weight excluding hydrogens is 240 g/mol. The van der Waals surface area contributed by atoms with Crippen LogP contribution in [-0.4, -0.2) is 17.3 Å². The predicted octanol–water partition coefficient (Wildman–Crippen LogP) is 2.34. The molecule has 2 heterocycles.